The summed E-state index contributed by atoms with van der Waals surface area (Å²) in [6, 6.07) is -0.296. The lowest BCUT2D eigenvalue weighted by Gasteiger charge is -2.26. The summed E-state index contributed by atoms with van der Waals surface area (Å²) in [5.74, 6) is 0.494. The van der Waals surface area contributed by atoms with Gasteiger partial charge in [0.05, 0.1) is 18.9 Å². The van der Waals surface area contributed by atoms with Gasteiger partial charge in [-0.05, 0) is 18.8 Å². The Morgan fingerprint density at radius 3 is 2.87 bits per heavy atom. The number of carbonyl (C=O) groups excluding carboxylic acids is 1. The van der Waals surface area contributed by atoms with Gasteiger partial charge < -0.3 is 20.7 Å². The Hall–Kier alpha value is -1.40. The molecule has 6 heteroatoms. The molecule has 23 heavy (non-hydrogen) atoms. The van der Waals surface area contributed by atoms with Crippen LogP contribution in [0.1, 0.15) is 51.4 Å². The van der Waals surface area contributed by atoms with Crippen LogP contribution in [-0.2, 0) is 11.3 Å². The van der Waals surface area contributed by atoms with E-state index in [2.05, 4.69) is 10.3 Å². The molecule has 1 aliphatic rings. The summed E-state index contributed by atoms with van der Waals surface area (Å²) in [4.78, 5) is 15.8. The van der Waals surface area contributed by atoms with Gasteiger partial charge in [0, 0.05) is 31.5 Å². The summed E-state index contributed by atoms with van der Waals surface area (Å²) in [6.07, 6.45) is 12.7. The Morgan fingerprint density at radius 2 is 2.17 bits per heavy atom. The molecular weight excluding hydrogens is 292 g/mol. The maximum Gasteiger partial charge on any atom is 0.222 e. The number of aliphatic hydroxyl groups is 1. The van der Waals surface area contributed by atoms with Crippen molar-refractivity contribution in [2.75, 3.05) is 6.54 Å². The molecule has 0 radical (unpaired) electrons. The minimum Gasteiger partial charge on any atom is -0.391 e. The molecule has 1 amide bonds. The van der Waals surface area contributed by atoms with E-state index in [4.69, 9.17) is 5.73 Å². The van der Waals surface area contributed by atoms with Gasteiger partial charge in [0.15, 0.2) is 0 Å². The second-order valence-electron chi connectivity index (χ2n) is 6.68. The summed E-state index contributed by atoms with van der Waals surface area (Å²) >= 11 is 0. The minimum atomic E-state index is -0.745. The molecule has 1 saturated carbocycles. The average Bonchev–Trinajstić information content (AvgIpc) is 3.06. The molecule has 0 aromatic carbocycles. The molecule has 0 spiro atoms. The van der Waals surface area contributed by atoms with Crippen molar-refractivity contribution in [2.24, 2.45) is 11.7 Å². The van der Waals surface area contributed by atoms with E-state index in [1.165, 1.54) is 32.1 Å². The van der Waals surface area contributed by atoms with Crippen LogP contribution in [0.3, 0.4) is 0 Å². The Labute approximate surface area is 138 Å². The predicted octanol–water partition coefficient (Wildman–Crippen LogP) is 1.44. The first-order valence-electron chi connectivity index (χ1n) is 8.81. The quantitative estimate of drug-likeness (QED) is 0.600. The number of aliphatic hydroxyl groups excluding tert-OH is 1. The fraction of sp³-hybridized carbons (Fsp3) is 0.765. The summed E-state index contributed by atoms with van der Waals surface area (Å²) in [5, 5.41) is 13.0. The third-order valence-corrected chi connectivity index (χ3v) is 4.69. The maximum atomic E-state index is 11.9. The summed E-state index contributed by atoms with van der Waals surface area (Å²) in [7, 11) is 0. The number of hydrogen-bond donors (Lipinski definition) is 3. The molecule has 1 aliphatic carbocycles. The van der Waals surface area contributed by atoms with Gasteiger partial charge in [0.1, 0.15) is 0 Å². The lowest BCUT2D eigenvalue weighted by molar-refractivity contribution is -0.123. The Morgan fingerprint density at radius 1 is 1.39 bits per heavy atom. The smallest absolute Gasteiger partial charge is 0.222 e. The summed E-state index contributed by atoms with van der Waals surface area (Å²) in [6.45, 7) is 1.42. The molecule has 1 aromatic heterocycles. The Balaban J connectivity index is 1.57. The molecule has 0 aliphatic heterocycles. The van der Waals surface area contributed by atoms with Crippen LogP contribution in [0.5, 0.6) is 0 Å². The number of rotatable bonds is 9. The van der Waals surface area contributed by atoms with Crippen LogP contribution < -0.4 is 11.1 Å². The third kappa shape index (κ3) is 6.71. The monoisotopic (exact) mass is 322 g/mol. The van der Waals surface area contributed by atoms with Crippen LogP contribution in [0.2, 0.25) is 0 Å². The van der Waals surface area contributed by atoms with Crippen molar-refractivity contribution in [2.45, 2.75) is 70.1 Å². The van der Waals surface area contributed by atoms with Crippen molar-refractivity contribution in [3.05, 3.63) is 18.7 Å². The number of nitrogens with two attached hydrogens (primary N) is 1. The van der Waals surface area contributed by atoms with E-state index >= 15 is 0 Å². The van der Waals surface area contributed by atoms with E-state index in [1.807, 2.05) is 10.8 Å². The van der Waals surface area contributed by atoms with Gasteiger partial charge >= 0.3 is 0 Å². The molecule has 1 fully saturated rings. The normalized spacial score (nSPS) is 18.5. The number of aromatic nitrogens is 2. The minimum absolute atomic E-state index is 0.0962. The average molecular weight is 322 g/mol. The van der Waals surface area contributed by atoms with E-state index in [0.717, 1.165) is 19.4 Å². The molecule has 2 atom stereocenters. The lowest BCUT2D eigenvalue weighted by atomic mass is 9.83. The number of carbonyl (C=O) groups is 1. The molecule has 130 valence electrons. The van der Waals surface area contributed by atoms with Gasteiger partial charge in [-0.2, -0.15) is 0 Å². The molecule has 2 rings (SSSR count). The zero-order chi connectivity index (χ0) is 16.5. The van der Waals surface area contributed by atoms with Crippen LogP contribution in [-0.4, -0.2) is 39.3 Å². The van der Waals surface area contributed by atoms with Crippen LogP contribution in [0, 0.1) is 5.92 Å². The van der Waals surface area contributed by atoms with Crippen molar-refractivity contribution in [3.8, 4) is 0 Å². The van der Waals surface area contributed by atoms with Crippen LogP contribution in [0.15, 0.2) is 18.7 Å². The van der Waals surface area contributed by atoms with Crippen LogP contribution >= 0.6 is 0 Å². The van der Waals surface area contributed by atoms with Crippen molar-refractivity contribution >= 4 is 5.91 Å². The zero-order valence-corrected chi connectivity index (χ0v) is 13.9. The second-order valence-corrected chi connectivity index (χ2v) is 6.68. The number of hydrogen-bond acceptors (Lipinski definition) is 4. The van der Waals surface area contributed by atoms with E-state index in [9.17, 15) is 9.90 Å². The fourth-order valence-corrected chi connectivity index (χ4v) is 3.29. The molecule has 0 saturated heterocycles. The molecule has 0 bridgehead atoms. The summed E-state index contributed by atoms with van der Waals surface area (Å²) < 4.78 is 1.97. The number of nitrogens with zero attached hydrogens (tertiary/aromatic N) is 2. The highest BCUT2D eigenvalue weighted by Crippen LogP contribution is 2.27. The van der Waals surface area contributed by atoms with Gasteiger partial charge in [0.2, 0.25) is 5.91 Å². The molecule has 6 nitrogen and oxygen atoms in total. The lowest BCUT2D eigenvalue weighted by Crippen LogP contribution is -2.40. The topological polar surface area (TPSA) is 93.2 Å². The molecular formula is C17H30N4O2. The first kappa shape index (κ1) is 17.9. The Kier molecular flexibility index (Phi) is 7.55. The first-order chi connectivity index (χ1) is 11.1. The first-order valence-corrected chi connectivity index (χ1v) is 8.81. The van der Waals surface area contributed by atoms with Crippen molar-refractivity contribution in [1.29, 1.82) is 0 Å². The molecule has 1 heterocycles. The second kappa shape index (κ2) is 9.67. The van der Waals surface area contributed by atoms with Gasteiger partial charge in [0.25, 0.3) is 0 Å². The van der Waals surface area contributed by atoms with Gasteiger partial charge in [-0.25, -0.2) is 4.98 Å². The fourth-order valence-electron chi connectivity index (χ4n) is 3.29. The van der Waals surface area contributed by atoms with Gasteiger partial charge in [-0.1, -0.05) is 32.1 Å². The SMILES string of the molecule is N[C@@H](CC1CCCCC1)[C@@H](O)CC(=O)NCCCn1ccnc1. The summed E-state index contributed by atoms with van der Waals surface area (Å²) in [5.41, 5.74) is 6.08. The van der Waals surface area contributed by atoms with Gasteiger partial charge in [-0.15, -0.1) is 0 Å². The molecule has 1 aromatic rings. The number of imidazole rings is 1. The van der Waals surface area contributed by atoms with Crippen LogP contribution in [0.4, 0.5) is 0 Å². The third-order valence-electron chi connectivity index (χ3n) is 4.69. The standard InChI is InChI=1S/C17H30N4O2/c18-15(11-14-5-2-1-3-6-14)16(22)12-17(23)20-7-4-9-21-10-8-19-13-21/h8,10,13-16,22H,1-7,9,11-12,18H2,(H,20,23)/t15-,16-/m0/s1. The van der Waals surface area contributed by atoms with Crippen molar-refractivity contribution in [3.63, 3.8) is 0 Å². The highest BCUT2D eigenvalue weighted by Gasteiger charge is 2.23. The number of aryl methyl sites for hydroxylation is 1. The van der Waals surface area contributed by atoms with Crippen molar-refractivity contribution in [1.82, 2.24) is 14.9 Å². The van der Waals surface area contributed by atoms with E-state index in [1.54, 1.807) is 12.5 Å². The largest absolute Gasteiger partial charge is 0.391 e. The predicted molar refractivity (Wildman–Crippen MR) is 89.6 cm³/mol. The molecule has 0 unspecified atom stereocenters. The van der Waals surface area contributed by atoms with Crippen molar-refractivity contribution < 1.29 is 9.90 Å². The highest BCUT2D eigenvalue weighted by atomic mass is 16.3. The van der Waals surface area contributed by atoms with E-state index < -0.39 is 6.10 Å². The maximum absolute atomic E-state index is 11.9. The number of amides is 1. The van der Waals surface area contributed by atoms with E-state index in [-0.39, 0.29) is 18.4 Å². The van der Waals surface area contributed by atoms with E-state index in [0.29, 0.717) is 12.5 Å². The van der Waals surface area contributed by atoms with Crippen LogP contribution in [0.25, 0.3) is 0 Å². The molecule has 4 N–H and O–H groups in total. The number of nitrogens with one attached hydrogen (secondary N) is 1. The van der Waals surface area contributed by atoms with Gasteiger partial charge in [-0.3, -0.25) is 4.79 Å². The highest BCUT2D eigenvalue weighted by molar-refractivity contribution is 5.76. The Bertz CT molecular complexity index is 443. The zero-order valence-electron chi connectivity index (χ0n) is 13.9.